The minimum absolute atomic E-state index is 0.00188. The van der Waals surface area contributed by atoms with Gasteiger partial charge < -0.3 is 21.2 Å². The zero-order valence-electron chi connectivity index (χ0n) is 12.7. The molecule has 0 unspecified atom stereocenters. The molecule has 1 saturated heterocycles. The number of hydrogen-bond acceptors (Lipinski definition) is 4. The third-order valence-electron chi connectivity index (χ3n) is 4.40. The van der Waals surface area contributed by atoms with Crippen molar-refractivity contribution in [2.24, 2.45) is 16.3 Å². The smallest absolute Gasteiger partial charge is 0.233 e. The lowest BCUT2D eigenvalue weighted by Gasteiger charge is -2.30. The molecule has 1 heterocycles. The van der Waals surface area contributed by atoms with Crippen molar-refractivity contribution in [2.45, 2.75) is 46.0 Å². The molecule has 0 aromatic rings. The minimum atomic E-state index is -0.892. The highest BCUT2D eigenvalue weighted by Gasteiger charge is 2.39. The predicted molar refractivity (Wildman–Crippen MR) is 79.7 cm³/mol. The van der Waals surface area contributed by atoms with Gasteiger partial charge in [0.2, 0.25) is 5.91 Å². The molecule has 0 aromatic heterocycles. The Kier molecular flexibility index (Phi) is 6.78. The van der Waals surface area contributed by atoms with Crippen LogP contribution in [0.2, 0.25) is 0 Å². The maximum Gasteiger partial charge on any atom is 0.233 e. The van der Waals surface area contributed by atoms with Crippen molar-refractivity contribution >= 4 is 11.7 Å². The number of nitrogens with zero attached hydrogens (tertiary/aromatic N) is 2. The van der Waals surface area contributed by atoms with E-state index in [1.807, 2.05) is 13.8 Å². The maximum absolute atomic E-state index is 12.4. The standard InChI is InChI=1S/C14H28N4O2/c1-3-14(4-2,12(15)17-20)13(19)16-8-11-18-9-6-5-7-10-18/h20H,3-11H2,1-2H3,(H2,15,17)(H,16,19). The zero-order chi connectivity index (χ0) is 15.0. The average Bonchev–Trinajstić information content (AvgIpc) is 2.49. The first kappa shape index (κ1) is 16.8. The third-order valence-corrected chi connectivity index (χ3v) is 4.40. The lowest BCUT2D eigenvalue weighted by Crippen LogP contribution is -2.50. The number of nitrogens with one attached hydrogen (secondary N) is 1. The van der Waals surface area contributed by atoms with Crippen LogP contribution in [-0.4, -0.2) is 48.0 Å². The van der Waals surface area contributed by atoms with E-state index in [0.29, 0.717) is 19.4 Å². The summed E-state index contributed by atoms with van der Waals surface area (Å²) in [6, 6.07) is 0. The molecule has 0 spiro atoms. The second kappa shape index (κ2) is 8.09. The Morgan fingerprint density at radius 2 is 1.90 bits per heavy atom. The molecule has 20 heavy (non-hydrogen) atoms. The summed E-state index contributed by atoms with van der Waals surface area (Å²) in [6.45, 7) is 7.47. The van der Waals surface area contributed by atoms with Gasteiger partial charge in [0.25, 0.3) is 0 Å². The van der Waals surface area contributed by atoms with E-state index in [4.69, 9.17) is 10.9 Å². The van der Waals surface area contributed by atoms with Crippen molar-refractivity contribution < 1.29 is 10.0 Å². The van der Waals surface area contributed by atoms with Crippen molar-refractivity contribution in [1.82, 2.24) is 10.2 Å². The topological polar surface area (TPSA) is 91.0 Å². The Hall–Kier alpha value is -1.30. The van der Waals surface area contributed by atoms with Gasteiger partial charge in [-0.2, -0.15) is 0 Å². The zero-order valence-corrected chi connectivity index (χ0v) is 12.7. The van der Waals surface area contributed by atoms with Crippen LogP contribution in [0.25, 0.3) is 0 Å². The second-order valence-electron chi connectivity index (χ2n) is 5.43. The molecule has 1 amide bonds. The number of amides is 1. The highest BCUT2D eigenvalue weighted by atomic mass is 16.4. The number of likely N-dealkylation sites (tertiary alicyclic amines) is 1. The molecular weight excluding hydrogens is 256 g/mol. The van der Waals surface area contributed by atoms with Gasteiger partial charge in [0, 0.05) is 13.1 Å². The summed E-state index contributed by atoms with van der Waals surface area (Å²) in [5.41, 5.74) is 4.83. The van der Waals surface area contributed by atoms with Crippen molar-refractivity contribution in [3.05, 3.63) is 0 Å². The summed E-state index contributed by atoms with van der Waals surface area (Å²) in [5, 5.41) is 14.9. The van der Waals surface area contributed by atoms with Gasteiger partial charge >= 0.3 is 0 Å². The van der Waals surface area contributed by atoms with Crippen LogP contribution in [0.5, 0.6) is 0 Å². The number of hydrogen-bond donors (Lipinski definition) is 3. The van der Waals surface area contributed by atoms with Gasteiger partial charge in [-0.05, 0) is 38.8 Å². The summed E-state index contributed by atoms with van der Waals surface area (Å²) in [6.07, 6.45) is 4.84. The highest BCUT2D eigenvalue weighted by Crippen LogP contribution is 2.26. The van der Waals surface area contributed by atoms with Crippen LogP contribution in [0, 0.1) is 5.41 Å². The van der Waals surface area contributed by atoms with E-state index in [0.717, 1.165) is 19.6 Å². The van der Waals surface area contributed by atoms with Crippen molar-refractivity contribution in [2.75, 3.05) is 26.2 Å². The van der Waals surface area contributed by atoms with Crippen molar-refractivity contribution in [3.63, 3.8) is 0 Å². The fourth-order valence-electron chi connectivity index (χ4n) is 2.83. The van der Waals surface area contributed by atoms with Crippen LogP contribution < -0.4 is 11.1 Å². The molecule has 4 N–H and O–H groups in total. The molecule has 0 aliphatic carbocycles. The van der Waals surface area contributed by atoms with Crippen molar-refractivity contribution in [1.29, 1.82) is 0 Å². The molecule has 1 fully saturated rings. The molecule has 0 atom stereocenters. The highest BCUT2D eigenvalue weighted by molar-refractivity contribution is 6.06. The van der Waals surface area contributed by atoms with Crippen LogP contribution in [0.1, 0.15) is 46.0 Å². The first-order chi connectivity index (χ1) is 9.60. The Balaban J connectivity index is 2.50. The van der Waals surface area contributed by atoms with Crippen LogP contribution in [0.3, 0.4) is 0 Å². The Morgan fingerprint density at radius 1 is 1.30 bits per heavy atom. The molecule has 0 bridgehead atoms. The fourth-order valence-corrected chi connectivity index (χ4v) is 2.83. The molecule has 1 rings (SSSR count). The lowest BCUT2D eigenvalue weighted by atomic mass is 9.80. The van der Waals surface area contributed by atoms with Gasteiger partial charge in [-0.1, -0.05) is 25.4 Å². The number of carbonyl (C=O) groups is 1. The van der Waals surface area contributed by atoms with E-state index in [-0.39, 0.29) is 11.7 Å². The second-order valence-corrected chi connectivity index (χ2v) is 5.43. The molecule has 6 heteroatoms. The van der Waals surface area contributed by atoms with Crippen LogP contribution in [0.4, 0.5) is 0 Å². The summed E-state index contributed by atoms with van der Waals surface area (Å²) < 4.78 is 0. The minimum Gasteiger partial charge on any atom is -0.409 e. The van der Waals surface area contributed by atoms with E-state index in [1.165, 1.54) is 19.3 Å². The van der Waals surface area contributed by atoms with Gasteiger partial charge in [-0.15, -0.1) is 0 Å². The Labute approximate surface area is 121 Å². The molecular formula is C14H28N4O2. The van der Waals surface area contributed by atoms with E-state index in [2.05, 4.69) is 15.4 Å². The normalized spacial score (nSPS) is 18.0. The van der Waals surface area contributed by atoms with Gasteiger partial charge in [-0.3, -0.25) is 4.79 Å². The number of amidine groups is 1. The monoisotopic (exact) mass is 284 g/mol. The number of nitrogens with two attached hydrogens (primary N) is 1. The number of piperidine rings is 1. The van der Waals surface area contributed by atoms with Gasteiger partial charge in [0.05, 0.1) is 0 Å². The number of rotatable bonds is 7. The van der Waals surface area contributed by atoms with E-state index in [9.17, 15) is 4.79 Å². The molecule has 1 aliphatic heterocycles. The van der Waals surface area contributed by atoms with Crippen LogP contribution >= 0.6 is 0 Å². The summed E-state index contributed by atoms with van der Waals surface area (Å²) in [4.78, 5) is 14.7. The molecule has 1 aliphatic rings. The lowest BCUT2D eigenvalue weighted by molar-refractivity contribution is -0.128. The number of carbonyl (C=O) groups excluding carboxylic acids is 1. The van der Waals surface area contributed by atoms with E-state index >= 15 is 0 Å². The summed E-state index contributed by atoms with van der Waals surface area (Å²) in [7, 11) is 0. The van der Waals surface area contributed by atoms with Gasteiger partial charge in [-0.25, -0.2) is 0 Å². The first-order valence-electron chi connectivity index (χ1n) is 7.59. The summed E-state index contributed by atoms with van der Waals surface area (Å²) >= 11 is 0. The van der Waals surface area contributed by atoms with Crippen LogP contribution in [-0.2, 0) is 4.79 Å². The van der Waals surface area contributed by atoms with Gasteiger partial charge in [0.15, 0.2) is 5.84 Å². The SMILES string of the molecule is CCC(CC)(C(=O)NCCN1CCCCC1)C(N)=NO. The van der Waals surface area contributed by atoms with Gasteiger partial charge in [0.1, 0.15) is 5.41 Å². The Morgan fingerprint density at radius 3 is 2.40 bits per heavy atom. The average molecular weight is 284 g/mol. The molecule has 116 valence electrons. The predicted octanol–water partition coefficient (Wildman–Crippen LogP) is 1.14. The van der Waals surface area contributed by atoms with E-state index in [1.54, 1.807) is 0 Å². The first-order valence-corrected chi connectivity index (χ1v) is 7.59. The largest absolute Gasteiger partial charge is 0.409 e. The molecule has 0 saturated carbocycles. The quantitative estimate of drug-likeness (QED) is 0.283. The molecule has 0 radical (unpaired) electrons. The van der Waals surface area contributed by atoms with E-state index < -0.39 is 5.41 Å². The summed E-state index contributed by atoms with van der Waals surface area (Å²) in [5.74, 6) is -0.146. The molecule has 6 nitrogen and oxygen atoms in total. The van der Waals surface area contributed by atoms with Crippen molar-refractivity contribution in [3.8, 4) is 0 Å². The molecule has 0 aromatic carbocycles. The Bertz CT molecular complexity index is 334. The third kappa shape index (κ3) is 3.85. The van der Waals surface area contributed by atoms with Crippen LogP contribution in [0.15, 0.2) is 5.16 Å². The fraction of sp³-hybridized carbons (Fsp3) is 0.857. The number of oxime groups is 1. The maximum atomic E-state index is 12.4.